The molecule has 1 aliphatic rings. The monoisotopic (exact) mass is 248 g/mol. The van der Waals surface area contributed by atoms with E-state index in [1.54, 1.807) is 13.0 Å². The molecular formula is C16H24O2. The smallest absolute Gasteiger partial charge is 0.330 e. The van der Waals surface area contributed by atoms with Crippen molar-refractivity contribution in [3.63, 3.8) is 0 Å². The SMILES string of the molecule is CCOC(=O)/C=C\C=C\C1=C(C)CCCC1(C)C. The topological polar surface area (TPSA) is 26.3 Å². The fourth-order valence-corrected chi connectivity index (χ4v) is 2.49. The van der Waals surface area contributed by atoms with Gasteiger partial charge in [0.15, 0.2) is 0 Å². The average molecular weight is 248 g/mol. The third-order valence-corrected chi connectivity index (χ3v) is 3.44. The third kappa shape index (κ3) is 4.17. The summed E-state index contributed by atoms with van der Waals surface area (Å²) in [7, 11) is 0. The maximum atomic E-state index is 11.1. The van der Waals surface area contributed by atoms with Gasteiger partial charge in [-0.25, -0.2) is 4.79 Å². The molecule has 0 spiro atoms. The second-order valence-electron chi connectivity index (χ2n) is 5.40. The van der Waals surface area contributed by atoms with Crippen molar-refractivity contribution in [3.8, 4) is 0 Å². The van der Waals surface area contributed by atoms with Gasteiger partial charge in [0.2, 0.25) is 0 Å². The highest BCUT2D eigenvalue weighted by molar-refractivity contribution is 5.82. The zero-order valence-electron chi connectivity index (χ0n) is 12.0. The van der Waals surface area contributed by atoms with Gasteiger partial charge in [0.1, 0.15) is 0 Å². The van der Waals surface area contributed by atoms with E-state index in [9.17, 15) is 4.79 Å². The highest BCUT2D eigenvalue weighted by Crippen LogP contribution is 2.40. The van der Waals surface area contributed by atoms with E-state index in [-0.39, 0.29) is 11.4 Å². The maximum Gasteiger partial charge on any atom is 0.330 e. The first kappa shape index (κ1) is 14.7. The number of hydrogen-bond acceptors (Lipinski definition) is 2. The molecular weight excluding hydrogens is 224 g/mol. The van der Waals surface area contributed by atoms with Crippen LogP contribution in [0, 0.1) is 5.41 Å². The van der Waals surface area contributed by atoms with Crippen LogP contribution < -0.4 is 0 Å². The van der Waals surface area contributed by atoms with E-state index < -0.39 is 0 Å². The molecule has 0 aromatic carbocycles. The van der Waals surface area contributed by atoms with Crippen LogP contribution in [-0.2, 0) is 9.53 Å². The quantitative estimate of drug-likeness (QED) is 0.423. The Morgan fingerprint density at radius 3 is 2.72 bits per heavy atom. The third-order valence-electron chi connectivity index (χ3n) is 3.44. The summed E-state index contributed by atoms with van der Waals surface area (Å²) in [6, 6.07) is 0. The number of ether oxygens (including phenoxy) is 1. The lowest BCUT2D eigenvalue weighted by molar-refractivity contribution is -0.137. The minimum absolute atomic E-state index is 0.247. The minimum Gasteiger partial charge on any atom is -0.463 e. The van der Waals surface area contributed by atoms with Crippen LogP contribution in [-0.4, -0.2) is 12.6 Å². The van der Waals surface area contributed by atoms with Gasteiger partial charge < -0.3 is 4.74 Å². The first-order valence-electron chi connectivity index (χ1n) is 6.69. The van der Waals surface area contributed by atoms with Crippen molar-refractivity contribution in [3.05, 3.63) is 35.5 Å². The molecule has 1 rings (SSSR count). The molecule has 0 atom stereocenters. The maximum absolute atomic E-state index is 11.1. The van der Waals surface area contributed by atoms with Crippen molar-refractivity contribution in [1.82, 2.24) is 0 Å². The van der Waals surface area contributed by atoms with E-state index in [0.29, 0.717) is 6.61 Å². The number of rotatable bonds is 4. The fraction of sp³-hybridized carbons (Fsp3) is 0.562. The van der Waals surface area contributed by atoms with Crippen LogP contribution in [0.1, 0.15) is 47.0 Å². The van der Waals surface area contributed by atoms with Crippen LogP contribution in [0.2, 0.25) is 0 Å². The predicted octanol–water partition coefficient (Wildman–Crippen LogP) is 4.19. The zero-order valence-corrected chi connectivity index (χ0v) is 12.0. The second kappa shape index (κ2) is 6.58. The van der Waals surface area contributed by atoms with E-state index in [1.807, 2.05) is 6.08 Å². The van der Waals surface area contributed by atoms with Crippen molar-refractivity contribution in [2.45, 2.75) is 47.0 Å². The van der Waals surface area contributed by atoms with Crippen LogP contribution in [0.15, 0.2) is 35.5 Å². The average Bonchev–Trinajstić information content (AvgIpc) is 2.27. The molecule has 0 bridgehead atoms. The molecule has 2 heteroatoms. The molecule has 0 amide bonds. The second-order valence-corrected chi connectivity index (χ2v) is 5.40. The van der Waals surface area contributed by atoms with Gasteiger partial charge in [0.25, 0.3) is 0 Å². The van der Waals surface area contributed by atoms with E-state index in [4.69, 9.17) is 4.74 Å². The summed E-state index contributed by atoms with van der Waals surface area (Å²) >= 11 is 0. The van der Waals surface area contributed by atoms with Crippen LogP contribution in [0.25, 0.3) is 0 Å². The van der Waals surface area contributed by atoms with Crippen LogP contribution in [0.5, 0.6) is 0 Å². The van der Waals surface area contributed by atoms with E-state index in [2.05, 4.69) is 26.8 Å². The Morgan fingerprint density at radius 2 is 2.11 bits per heavy atom. The van der Waals surface area contributed by atoms with Crippen molar-refractivity contribution in [1.29, 1.82) is 0 Å². The van der Waals surface area contributed by atoms with E-state index >= 15 is 0 Å². The molecule has 0 fully saturated rings. The molecule has 0 unspecified atom stereocenters. The Labute approximate surface area is 110 Å². The summed E-state index contributed by atoms with van der Waals surface area (Å²) in [5, 5.41) is 0. The molecule has 18 heavy (non-hydrogen) atoms. The summed E-state index contributed by atoms with van der Waals surface area (Å²) < 4.78 is 4.82. The minimum atomic E-state index is -0.282. The Balaban J connectivity index is 2.68. The Morgan fingerprint density at radius 1 is 1.39 bits per heavy atom. The molecule has 100 valence electrons. The summed E-state index contributed by atoms with van der Waals surface area (Å²) in [5.74, 6) is -0.282. The van der Waals surface area contributed by atoms with Crippen molar-refractivity contribution in [2.24, 2.45) is 5.41 Å². The van der Waals surface area contributed by atoms with Crippen LogP contribution in [0.3, 0.4) is 0 Å². The summed E-state index contributed by atoms with van der Waals surface area (Å²) in [6.45, 7) is 8.99. The van der Waals surface area contributed by atoms with Crippen LogP contribution >= 0.6 is 0 Å². The lowest BCUT2D eigenvalue weighted by Crippen LogP contribution is -2.18. The fourth-order valence-electron chi connectivity index (χ4n) is 2.49. The highest BCUT2D eigenvalue weighted by atomic mass is 16.5. The normalized spacial score (nSPS) is 19.8. The number of esters is 1. The molecule has 1 aliphatic carbocycles. The highest BCUT2D eigenvalue weighted by Gasteiger charge is 2.26. The summed E-state index contributed by atoms with van der Waals surface area (Å²) in [6.07, 6.45) is 11.0. The summed E-state index contributed by atoms with van der Waals surface area (Å²) in [5.41, 5.74) is 3.12. The number of allylic oxidation sites excluding steroid dienone is 5. The van der Waals surface area contributed by atoms with Gasteiger partial charge in [-0.1, -0.05) is 37.6 Å². The van der Waals surface area contributed by atoms with Gasteiger partial charge >= 0.3 is 5.97 Å². The zero-order chi connectivity index (χ0) is 13.6. The van der Waals surface area contributed by atoms with Gasteiger partial charge in [-0.05, 0) is 44.1 Å². The molecule has 0 saturated heterocycles. The lowest BCUT2D eigenvalue weighted by Gasteiger charge is -2.32. The van der Waals surface area contributed by atoms with Gasteiger partial charge in [0.05, 0.1) is 6.61 Å². The van der Waals surface area contributed by atoms with Crippen molar-refractivity contribution < 1.29 is 9.53 Å². The van der Waals surface area contributed by atoms with E-state index in [1.165, 1.54) is 36.5 Å². The van der Waals surface area contributed by atoms with Gasteiger partial charge in [-0.2, -0.15) is 0 Å². The molecule has 0 aromatic rings. The number of carbonyl (C=O) groups excluding carboxylic acids is 1. The Kier molecular flexibility index (Phi) is 5.39. The molecule has 0 N–H and O–H groups in total. The predicted molar refractivity (Wildman–Crippen MR) is 75.2 cm³/mol. The standard InChI is InChI=1S/C16H24O2/c1-5-18-15(17)11-7-6-10-14-13(2)9-8-12-16(14,3)4/h6-7,10-11H,5,8-9,12H2,1-4H3/b10-6+,11-7-. The largest absolute Gasteiger partial charge is 0.463 e. The molecule has 0 saturated carbocycles. The van der Waals surface area contributed by atoms with Gasteiger partial charge in [0, 0.05) is 6.08 Å². The molecule has 2 nitrogen and oxygen atoms in total. The Hall–Kier alpha value is -1.31. The van der Waals surface area contributed by atoms with Crippen LogP contribution in [0.4, 0.5) is 0 Å². The number of hydrogen-bond donors (Lipinski definition) is 0. The van der Waals surface area contributed by atoms with E-state index in [0.717, 1.165) is 0 Å². The molecule has 0 radical (unpaired) electrons. The first-order valence-corrected chi connectivity index (χ1v) is 6.69. The summed E-state index contributed by atoms with van der Waals surface area (Å²) in [4.78, 5) is 11.1. The lowest BCUT2D eigenvalue weighted by atomic mass is 9.73. The first-order chi connectivity index (χ1) is 8.47. The van der Waals surface area contributed by atoms with Crippen molar-refractivity contribution in [2.75, 3.05) is 6.61 Å². The van der Waals surface area contributed by atoms with Gasteiger partial charge in [-0.3, -0.25) is 0 Å². The molecule has 0 aliphatic heterocycles. The molecule has 0 aromatic heterocycles. The van der Waals surface area contributed by atoms with Crippen molar-refractivity contribution >= 4 is 5.97 Å². The van der Waals surface area contributed by atoms with Gasteiger partial charge in [-0.15, -0.1) is 0 Å². The Bertz CT molecular complexity index is 384. The molecule has 0 heterocycles. The number of carbonyl (C=O) groups is 1.